The van der Waals surface area contributed by atoms with E-state index in [4.69, 9.17) is 5.11 Å². The SMILES string of the molecule is CC(C)c1c[nH]c2c(C(=O)O)cc(Br)cc12.[LiH]. The first-order valence-corrected chi connectivity index (χ1v) is 5.84. The molecule has 1 heterocycles. The first kappa shape index (κ1) is 14.4. The standard InChI is InChI=1S/C12H12BrNO2.Li.H/c1-6(2)10-5-14-11-8(10)3-7(13)4-9(11)12(15)16;;/h3-6,14H,1-2H3,(H,15,16);;. The molecule has 2 N–H and O–H groups in total. The zero-order valence-corrected chi connectivity index (χ0v) is 10.6. The third-order valence-corrected chi connectivity index (χ3v) is 3.10. The monoisotopic (exact) mass is 289 g/mol. The van der Waals surface area contributed by atoms with Crippen molar-refractivity contribution in [3.63, 3.8) is 0 Å². The first-order valence-electron chi connectivity index (χ1n) is 5.04. The van der Waals surface area contributed by atoms with Gasteiger partial charge in [0, 0.05) is 16.1 Å². The number of nitrogens with one attached hydrogen (secondary N) is 1. The molecule has 0 amide bonds. The van der Waals surface area contributed by atoms with Gasteiger partial charge in [-0.05, 0) is 23.6 Å². The molecule has 86 valence electrons. The minimum absolute atomic E-state index is 0. The molecule has 0 saturated carbocycles. The summed E-state index contributed by atoms with van der Waals surface area (Å²) in [7, 11) is 0. The Hall–Kier alpha value is -0.693. The summed E-state index contributed by atoms with van der Waals surface area (Å²) in [5.74, 6) is -0.548. The van der Waals surface area contributed by atoms with Crippen LogP contribution in [0, 0.1) is 0 Å². The molecule has 0 radical (unpaired) electrons. The van der Waals surface area contributed by atoms with Gasteiger partial charge in [0.05, 0.1) is 11.1 Å². The van der Waals surface area contributed by atoms with Crippen molar-refractivity contribution in [3.8, 4) is 0 Å². The molecule has 0 fully saturated rings. The van der Waals surface area contributed by atoms with Gasteiger partial charge in [-0.25, -0.2) is 4.79 Å². The molecule has 0 aliphatic heterocycles. The van der Waals surface area contributed by atoms with E-state index in [9.17, 15) is 4.79 Å². The van der Waals surface area contributed by atoms with Crippen LogP contribution in [-0.2, 0) is 0 Å². The van der Waals surface area contributed by atoms with Crippen LogP contribution in [0.1, 0.15) is 35.7 Å². The van der Waals surface area contributed by atoms with Crippen molar-refractivity contribution in [2.45, 2.75) is 19.8 Å². The molecule has 2 aromatic rings. The average molecular weight is 290 g/mol. The molecule has 2 rings (SSSR count). The number of H-pyrrole nitrogens is 1. The van der Waals surface area contributed by atoms with Crippen LogP contribution < -0.4 is 0 Å². The Labute approximate surface area is 120 Å². The summed E-state index contributed by atoms with van der Waals surface area (Å²) in [6.07, 6.45) is 1.88. The number of aromatic carboxylic acids is 1. The number of rotatable bonds is 2. The van der Waals surface area contributed by atoms with Crippen molar-refractivity contribution in [2.24, 2.45) is 0 Å². The first-order chi connectivity index (χ1) is 7.50. The number of carbonyl (C=O) groups is 1. The van der Waals surface area contributed by atoms with Crippen LogP contribution in [0.25, 0.3) is 10.9 Å². The molecule has 3 nitrogen and oxygen atoms in total. The van der Waals surface area contributed by atoms with Crippen LogP contribution in [0.2, 0.25) is 0 Å². The number of fused-ring (bicyclic) bond motifs is 1. The second-order valence-electron chi connectivity index (χ2n) is 4.08. The zero-order chi connectivity index (χ0) is 11.9. The van der Waals surface area contributed by atoms with Crippen molar-refractivity contribution in [1.82, 2.24) is 4.98 Å². The number of aromatic nitrogens is 1. The van der Waals surface area contributed by atoms with E-state index in [1.165, 1.54) is 0 Å². The van der Waals surface area contributed by atoms with Crippen molar-refractivity contribution in [3.05, 3.63) is 33.9 Å². The van der Waals surface area contributed by atoms with E-state index in [0.29, 0.717) is 17.0 Å². The Morgan fingerprint density at radius 2 is 2.06 bits per heavy atom. The van der Waals surface area contributed by atoms with Crippen LogP contribution in [-0.4, -0.2) is 34.9 Å². The Morgan fingerprint density at radius 3 is 2.59 bits per heavy atom. The van der Waals surface area contributed by atoms with E-state index in [1.54, 1.807) is 6.07 Å². The second kappa shape index (κ2) is 5.30. The maximum atomic E-state index is 11.1. The Kier molecular flexibility index (Phi) is 4.48. The van der Waals surface area contributed by atoms with Gasteiger partial charge in [0.15, 0.2) is 0 Å². The summed E-state index contributed by atoms with van der Waals surface area (Å²) in [6, 6.07) is 3.57. The fourth-order valence-electron chi connectivity index (χ4n) is 1.86. The summed E-state index contributed by atoms with van der Waals surface area (Å²) >= 11 is 3.34. The minimum atomic E-state index is -0.913. The van der Waals surface area contributed by atoms with Gasteiger partial charge in [-0.2, -0.15) is 0 Å². The normalized spacial score (nSPS) is 10.6. The molecule has 0 aliphatic carbocycles. The van der Waals surface area contributed by atoms with Crippen molar-refractivity contribution < 1.29 is 9.90 Å². The summed E-state index contributed by atoms with van der Waals surface area (Å²) in [5.41, 5.74) is 2.13. The van der Waals surface area contributed by atoms with Crippen molar-refractivity contribution >= 4 is 51.7 Å². The van der Waals surface area contributed by atoms with E-state index in [2.05, 4.69) is 34.8 Å². The molecule has 1 aromatic carbocycles. The molecule has 0 saturated heterocycles. The summed E-state index contributed by atoms with van der Waals surface area (Å²) in [6.45, 7) is 4.17. The molecule has 17 heavy (non-hydrogen) atoms. The Bertz CT molecular complexity index is 563. The van der Waals surface area contributed by atoms with Crippen LogP contribution in [0.5, 0.6) is 0 Å². The molecule has 0 atom stereocenters. The number of hydrogen-bond acceptors (Lipinski definition) is 1. The van der Waals surface area contributed by atoms with Crippen LogP contribution in [0.3, 0.4) is 0 Å². The predicted octanol–water partition coefficient (Wildman–Crippen LogP) is 3.10. The summed E-state index contributed by atoms with van der Waals surface area (Å²) < 4.78 is 0.791. The van der Waals surface area contributed by atoms with Crippen LogP contribution in [0.15, 0.2) is 22.8 Å². The number of hydrogen-bond donors (Lipinski definition) is 2. The quantitative estimate of drug-likeness (QED) is 0.835. The van der Waals surface area contributed by atoms with E-state index >= 15 is 0 Å². The molecule has 1 aromatic heterocycles. The molecular weight excluding hydrogens is 277 g/mol. The average Bonchev–Trinajstić information content (AvgIpc) is 2.59. The fourth-order valence-corrected chi connectivity index (χ4v) is 2.32. The Balaban J connectivity index is 0.00000144. The molecule has 0 unspecified atom stereocenters. The van der Waals surface area contributed by atoms with Gasteiger partial charge < -0.3 is 10.1 Å². The van der Waals surface area contributed by atoms with Gasteiger partial charge in [0.2, 0.25) is 0 Å². The number of carboxylic acid groups (broad SMARTS) is 1. The number of halogens is 1. The summed E-state index contributed by atoms with van der Waals surface area (Å²) in [4.78, 5) is 14.2. The molecule has 5 heteroatoms. The summed E-state index contributed by atoms with van der Waals surface area (Å²) in [5, 5.41) is 10.1. The van der Waals surface area contributed by atoms with Gasteiger partial charge in [0.25, 0.3) is 0 Å². The van der Waals surface area contributed by atoms with Gasteiger partial charge in [-0.15, -0.1) is 0 Å². The zero-order valence-electron chi connectivity index (χ0n) is 9.04. The molecule has 0 spiro atoms. The van der Waals surface area contributed by atoms with Gasteiger partial charge in [-0.1, -0.05) is 29.8 Å². The topological polar surface area (TPSA) is 53.1 Å². The third-order valence-electron chi connectivity index (χ3n) is 2.64. The van der Waals surface area contributed by atoms with E-state index < -0.39 is 5.97 Å². The number of carboxylic acids is 1. The van der Waals surface area contributed by atoms with Gasteiger partial charge >= 0.3 is 24.8 Å². The van der Waals surface area contributed by atoms with Crippen molar-refractivity contribution in [2.75, 3.05) is 0 Å². The third kappa shape index (κ3) is 2.60. The fraction of sp³-hybridized carbons (Fsp3) is 0.250. The predicted molar refractivity (Wildman–Crippen MR) is 74.2 cm³/mol. The van der Waals surface area contributed by atoms with Gasteiger partial charge in [-0.3, -0.25) is 0 Å². The van der Waals surface area contributed by atoms with E-state index in [-0.39, 0.29) is 18.9 Å². The molecule has 0 bridgehead atoms. The van der Waals surface area contributed by atoms with Crippen LogP contribution >= 0.6 is 15.9 Å². The van der Waals surface area contributed by atoms with Crippen molar-refractivity contribution in [1.29, 1.82) is 0 Å². The van der Waals surface area contributed by atoms with Gasteiger partial charge in [0.1, 0.15) is 0 Å². The number of aromatic amines is 1. The Morgan fingerprint density at radius 1 is 1.41 bits per heavy atom. The second-order valence-corrected chi connectivity index (χ2v) is 5.00. The van der Waals surface area contributed by atoms with E-state index in [0.717, 1.165) is 15.4 Å². The van der Waals surface area contributed by atoms with Crippen LogP contribution in [0.4, 0.5) is 0 Å². The maximum absolute atomic E-state index is 11.1. The van der Waals surface area contributed by atoms with E-state index in [1.807, 2.05) is 12.3 Å². The molecule has 0 aliphatic rings. The molecular formula is C12H13BrLiNO2. The number of benzene rings is 1.